The first-order valence-corrected chi connectivity index (χ1v) is 12.3. The van der Waals surface area contributed by atoms with Crippen LogP contribution in [0, 0.1) is 23.2 Å². The van der Waals surface area contributed by atoms with E-state index in [1.165, 1.54) is 28.6 Å². The normalized spacial score (nSPS) is 15.3. The smallest absolute Gasteiger partial charge is 0.243 e. The van der Waals surface area contributed by atoms with E-state index in [1.54, 1.807) is 18.2 Å². The number of carbonyl (C=O) groups excluding carboxylic acids is 1. The molecule has 0 spiro atoms. The van der Waals surface area contributed by atoms with Gasteiger partial charge in [0, 0.05) is 24.7 Å². The number of hydrogen-bond donors (Lipinski definition) is 1. The van der Waals surface area contributed by atoms with Crippen molar-refractivity contribution in [1.29, 1.82) is 5.26 Å². The Morgan fingerprint density at radius 2 is 1.88 bits per heavy atom. The minimum Gasteiger partial charge on any atom is -0.492 e. The van der Waals surface area contributed by atoms with Gasteiger partial charge in [-0.3, -0.25) is 4.79 Å². The number of nitriles is 1. The Bertz CT molecular complexity index is 1100. The molecule has 2 aromatic carbocycles. The van der Waals surface area contributed by atoms with E-state index in [2.05, 4.69) is 5.32 Å². The summed E-state index contributed by atoms with van der Waals surface area (Å²) in [7, 11) is -3.66. The number of carbonyl (C=O) groups is 1. The number of sulfonamides is 1. The molecule has 0 atom stereocenters. The van der Waals surface area contributed by atoms with Crippen molar-refractivity contribution in [3.8, 4) is 11.8 Å². The van der Waals surface area contributed by atoms with Gasteiger partial charge in [-0.25, -0.2) is 8.42 Å². The summed E-state index contributed by atoms with van der Waals surface area (Å²) in [5.41, 5.74) is 0.975. The highest BCUT2D eigenvalue weighted by Gasteiger charge is 2.32. The summed E-state index contributed by atoms with van der Waals surface area (Å²) >= 11 is 6.26. The summed E-state index contributed by atoms with van der Waals surface area (Å²) in [6.07, 6.45) is 0.843. The van der Waals surface area contributed by atoms with Crippen LogP contribution < -0.4 is 10.1 Å². The van der Waals surface area contributed by atoms with Crippen molar-refractivity contribution in [2.24, 2.45) is 11.8 Å². The summed E-state index contributed by atoms with van der Waals surface area (Å²) in [5, 5.41) is 12.2. The molecular formula is C23H26ClN3O4S. The Kier molecular flexibility index (Phi) is 7.77. The highest BCUT2D eigenvalue weighted by atomic mass is 35.5. The van der Waals surface area contributed by atoms with Gasteiger partial charge in [0.1, 0.15) is 5.75 Å². The molecule has 32 heavy (non-hydrogen) atoms. The maximum atomic E-state index is 12.8. The molecule has 0 unspecified atom stereocenters. The summed E-state index contributed by atoms with van der Waals surface area (Å²) in [4.78, 5) is 12.8. The zero-order valence-electron chi connectivity index (χ0n) is 18.0. The van der Waals surface area contributed by atoms with E-state index in [0.717, 1.165) is 0 Å². The average molecular weight is 476 g/mol. The fourth-order valence-corrected chi connectivity index (χ4v) is 5.11. The Labute approximate surface area is 194 Å². The Morgan fingerprint density at radius 3 is 2.44 bits per heavy atom. The van der Waals surface area contributed by atoms with Crippen molar-refractivity contribution in [2.75, 3.05) is 25.0 Å². The van der Waals surface area contributed by atoms with E-state index >= 15 is 0 Å². The highest BCUT2D eigenvalue weighted by molar-refractivity contribution is 7.89. The van der Waals surface area contributed by atoms with Crippen LogP contribution in [0.5, 0.6) is 5.75 Å². The van der Waals surface area contributed by atoms with E-state index < -0.39 is 10.0 Å². The first-order valence-electron chi connectivity index (χ1n) is 10.4. The Hall–Kier alpha value is -2.60. The first-order chi connectivity index (χ1) is 15.2. The molecule has 3 rings (SSSR count). The molecule has 2 aromatic rings. The molecule has 1 saturated heterocycles. The average Bonchev–Trinajstić information content (AvgIpc) is 2.78. The molecule has 170 valence electrons. The topological polar surface area (TPSA) is 99.5 Å². The molecule has 0 bridgehead atoms. The predicted molar refractivity (Wildman–Crippen MR) is 123 cm³/mol. The van der Waals surface area contributed by atoms with Crippen LogP contribution in [0.25, 0.3) is 0 Å². The summed E-state index contributed by atoms with van der Waals surface area (Å²) in [6.45, 7) is 5.15. The van der Waals surface area contributed by atoms with Crippen LogP contribution in [0.15, 0.2) is 47.4 Å². The van der Waals surface area contributed by atoms with Crippen LogP contribution in [-0.4, -0.2) is 38.3 Å². The van der Waals surface area contributed by atoms with Crippen molar-refractivity contribution >= 4 is 33.2 Å². The van der Waals surface area contributed by atoms with Gasteiger partial charge in [0.15, 0.2) is 0 Å². The van der Waals surface area contributed by atoms with Gasteiger partial charge in [-0.05, 0) is 61.2 Å². The van der Waals surface area contributed by atoms with Gasteiger partial charge in [-0.2, -0.15) is 9.57 Å². The lowest BCUT2D eigenvalue weighted by Gasteiger charge is -2.30. The van der Waals surface area contributed by atoms with Crippen LogP contribution >= 0.6 is 11.6 Å². The lowest BCUT2D eigenvalue weighted by atomic mass is 9.97. The predicted octanol–water partition coefficient (Wildman–Crippen LogP) is 4.29. The Balaban J connectivity index is 1.57. The molecule has 0 aliphatic carbocycles. The number of halogens is 1. The molecular weight excluding hydrogens is 450 g/mol. The van der Waals surface area contributed by atoms with Gasteiger partial charge < -0.3 is 10.1 Å². The minimum absolute atomic E-state index is 0.147. The third-order valence-corrected chi connectivity index (χ3v) is 7.43. The van der Waals surface area contributed by atoms with Crippen molar-refractivity contribution in [3.63, 3.8) is 0 Å². The second-order valence-corrected chi connectivity index (χ2v) is 10.5. The molecule has 9 heteroatoms. The summed E-state index contributed by atoms with van der Waals surface area (Å²) in [6, 6.07) is 12.9. The van der Waals surface area contributed by atoms with Crippen LogP contribution in [-0.2, 0) is 14.8 Å². The van der Waals surface area contributed by atoms with Gasteiger partial charge in [0.05, 0.1) is 28.2 Å². The van der Waals surface area contributed by atoms with Gasteiger partial charge in [0.25, 0.3) is 0 Å². The number of amides is 1. The largest absolute Gasteiger partial charge is 0.492 e. The first kappa shape index (κ1) is 24.1. The maximum Gasteiger partial charge on any atom is 0.243 e. The van der Waals surface area contributed by atoms with Crippen molar-refractivity contribution in [3.05, 3.63) is 53.1 Å². The van der Waals surface area contributed by atoms with Crippen molar-refractivity contribution in [1.82, 2.24) is 4.31 Å². The Morgan fingerprint density at radius 1 is 1.22 bits per heavy atom. The number of anilines is 1. The zero-order chi connectivity index (χ0) is 23.3. The zero-order valence-corrected chi connectivity index (χ0v) is 19.6. The van der Waals surface area contributed by atoms with Gasteiger partial charge in [-0.1, -0.05) is 25.4 Å². The number of hydrogen-bond acceptors (Lipinski definition) is 5. The van der Waals surface area contributed by atoms with E-state index in [0.29, 0.717) is 47.4 Å². The standard InChI is InChI=1S/C23H26ClN3O4S/c1-16(2)15-31-22-8-5-19(13-21(22)24)26-23(28)18-9-11-27(12-10-18)32(29,30)20-6-3-17(14-25)4-7-20/h3-8,13,16,18H,9-12,15H2,1-2H3,(H,26,28). The number of rotatable bonds is 7. The van der Waals surface area contributed by atoms with Gasteiger partial charge in [-0.15, -0.1) is 0 Å². The van der Waals surface area contributed by atoms with E-state index in [1.807, 2.05) is 19.9 Å². The van der Waals surface area contributed by atoms with Crippen molar-refractivity contribution in [2.45, 2.75) is 31.6 Å². The number of benzene rings is 2. The lowest BCUT2D eigenvalue weighted by molar-refractivity contribution is -0.120. The second-order valence-electron chi connectivity index (χ2n) is 8.15. The number of nitrogens with one attached hydrogen (secondary N) is 1. The lowest BCUT2D eigenvalue weighted by Crippen LogP contribution is -2.41. The molecule has 0 radical (unpaired) electrons. The quantitative estimate of drug-likeness (QED) is 0.644. The maximum absolute atomic E-state index is 12.8. The fourth-order valence-electron chi connectivity index (χ4n) is 3.41. The van der Waals surface area contributed by atoms with Crippen LogP contribution in [0.4, 0.5) is 5.69 Å². The van der Waals surface area contributed by atoms with Crippen LogP contribution in [0.3, 0.4) is 0 Å². The summed E-state index contributed by atoms with van der Waals surface area (Å²) in [5.74, 6) is 0.488. The second kappa shape index (κ2) is 10.3. The third-order valence-electron chi connectivity index (χ3n) is 5.22. The molecule has 1 fully saturated rings. The molecule has 1 amide bonds. The molecule has 0 aromatic heterocycles. The summed E-state index contributed by atoms with van der Waals surface area (Å²) < 4.78 is 32.7. The van der Waals surface area contributed by atoms with E-state index in [4.69, 9.17) is 21.6 Å². The third kappa shape index (κ3) is 5.80. The van der Waals surface area contributed by atoms with Crippen molar-refractivity contribution < 1.29 is 17.9 Å². The van der Waals surface area contributed by atoms with Crippen LogP contribution in [0.1, 0.15) is 32.3 Å². The molecule has 1 N–H and O–H groups in total. The van der Waals surface area contributed by atoms with Gasteiger partial charge >= 0.3 is 0 Å². The monoisotopic (exact) mass is 475 g/mol. The van der Waals surface area contributed by atoms with E-state index in [9.17, 15) is 13.2 Å². The minimum atomic E-state index is -3.66. The fraction of sp³-hybridized carbons (Fsp3) is 0.391. The SMILES string of the molecule is CC(C)COc1ccc(NC(=O)C2CCN(S(=O)(=O)c3ccc(C#N)cc3)CC2)cc1Cl. The van der Waals surface area contributed by atoms with E-state index in [-0.39, 0.29) is 29.8 Å². The van der Waals surface area contributed by atoms with Gasteiger partial charge in [0.2, 0.25) is 15.9 Å². The number of ether oxygens (including phenoxy) is 1. The number of nitrogens with zero attached hydrogens (tertiary/aromatic N) is 2. The molecule has 1 aliphatic heterocycles. The number of piperidine rings is 1. The highest BCUT2D eigenvalue weighted by Crippen LogP contribution is 2.29. The molecule has 1 heterocycles. The molecule has 7 nitrogen and oxygen atoms in total. The van der Waals surface area contributed by atoms with Crippen LogP contribution in [0.2, 0.25) is 5.02 Å². The molecule has 0 saturated carbocycles. The molecule has 1 aliphatic rings.